The van der Waals surface area contributed by atoms with Gasteiger partial charge in [-0.2, -0.15) is 5.10 Å². The van der Waals surface area contributed by atoms with Crippen LogP contribution in [0.15, 0.2) is 48.5 Å². The van der Waals surface area contributed by atoms with Crippen molar-refractivity contribution in [1.29, 1.82) is 0 Å². The van der Waals surface area contributed by atoms with Crippen LogP contribution >= 0.6 is 0 Å². The highest BCUT2D eigenvalue weighted by Crippen LogP contribution is 2.26. The molecule has 0 amide bonds. The quantitative estimate of drug-likeness (QED) is 0.739. The topological polar surface area (TPSA) is 55.0 Å². The second kappa shape index (κ2) is 5.17. The Morgan fingerprint density at radius 2 is 2.05 bits per heavy atom. The van der Waals surface area contributed by atoms with E-state index in [4.69, 9.17) is 4.74 Å². The zero-order chi connectivity index (χ0) is 13.9. The standard InChI is InChI=1S/C16H14N2O2/c1-2-20-16(19)12-7-5-6-11(10-12)15-13-8-3-4-9-14(13)17-18-15/h3-10H,2H2,1H3,(H,17,18). The number of hydrogen-bond donors (Lipinski definition) is 1. The Hall–Kier alpha value is -2.62. The van der Waals surface area contributed by atoms with Gasteiger partial charge < -0.3 is 4.74 Å². The third kappa shape index (κ3) is 2.16. The lowest BCUT2D eigenvalue weighted by Gasteiger charge is -2.03. The molecule has 0 fully saturated rings. The van der Waals surface area contributed by atoms with Crippen LogP contribution < -0.4 is 0 Å². The van der Waals surface area contributed by atoms with E-state index in [0.29, 0.717) is 12.2 Å². The van der Waals surface area contributed by atoms with Gasteiger partial charge in [-0.05, 0) is 25.1 Å². The third-order valence-electron chi connectivity index (χ3n) is 3.12. The van der Waals surface area contributed by atoms with E-state index in [-0.39, 0.29) is 5.97 Å². The highest BCUT2D eigenvalue weighted by Gasteiger charge is 2.11. The molecule has 1 heterocycles. The number of para-hydroxylation sites is 1. The summed E-state index contributed by atoms with van der Waals surface area (Å²) in [6, 6.07) is 15.2. The van der Waals surface area contributed by atoms with E-state index in [1.54, 1.807) is 19.1 Å². The molecule has 0 aliphatic carbocycles. The van der Waals surface area contributed by atoms with Crippen molar-refractivity contribution in [3.05, 3.63) is 54.1 Å². The predicted octanol–water partition coefficient (Wildman–Crippen LogP) is 3.41. The predicted molar refractivity (Wildman–Crippen MR) is 77.5 cm³/mol. The molecule has 100 valence electrons. The second-order valence-electron chi connectivity index (χ2n) is 4.42. The molecule has 0 radical (unpaired) electrons. The number of hydrogen-bond acceptors (Lipinski definition) is 3. The van der Waals surface area contributed by atoms with Crippen molar-refractivity contribution in [3.63, 3.8) is 0 Å². The Morgan fingerprint density at radius 3 is 2.90 bits per heavy atom. The fraction of sp³-hybridized carbons (Fsp3) is 0.125. The number of esters is 1. The molecule has 20 heavy (non-hydrogen) atoms. The van der Waals surface area contributed by atoms with Gasteiger partial charge in [0.05, 0.1) is 23.4 Å². The molecule has 0 spiro atoms. The van der Waals surface area contributed by atoms with E-state index in [1.807, 2.05) is 36.4 Å². The number of aromatic amines is 1. The van der Waals surface area contributed by atoms with Crippen LogP contribution in [0.1, 0.15) is 17.3 Å². The van der Waals surface area contributed by atoms with E-state index >= 15 is 0 Å². The lowest BCUT2D eigenvalue weighted by Crippen LogP contribution is -2.04. The average Bonchev–Trinajstić information content (AvgIpc) is 2.91. The van der Waals surface area contributed by atoms with E-state index in [9.17, 15) is 4.79 Å². The Balaban J connectivity index is 2.06. The Kier molecular flexibility index (Phi) is 3.21. The van der Waals surface area contributed by atoms with Gasteiger partial charge in [0.1, 0.15) is 0 Å². The molecule has 0 atom stereocenters. The van der Waals surface area contributed by atoms with E-state index in [1.165, 1.54) is 0 Å². The first-order chi connectivity index (χ1) is 9.79. The molecule has 4 nitrogen and oxygen atoms in total. The van der Waals surface area contributed by atoms with Gasteiger partial charge in [0.2, 0.25) is 0 Å². The molecule has 0 saturated heterocycles. The zero-order valence-electron chi connectivity index (χ0n) is 11.1. The number of H-pyrrole nitrogens is 1. The SMILES string of the molecule is CCOC(=O)c1cccc(-c2n[nH]c3ccccc23)c1. The van der Waals surface area contributed by atoms with Gasteiger partial charge in [-0.15, -0.1) is 0 Å². The van der Waals surface area contributed by atoms with E-state index in [2.05, 4.69) is 10.2 Å². The summed E-state index contributed by atoms with van der Waals surface area (Å²) in [5.41, 5.74) is 3.25. The molecule has 3 aromatic rings. The van der Waals surface area contributed by atoms with Crippen molar-refractivity contribution in [3.8, 4) is 11.3 Å². The minimum atomic E-state index is -0.311. The van der Waals surface area contributed by atoms with Crippen LogP contribution in [0.4, 0.5) is 0 Å². The highest BCUT2D eigenvalue weighted by atomic mass is 16.5. The Bertz CT molecular complexity index is 762. The number of rotatable bonds is 3. The summed E-state index contributed by atoms with van der Waals surface area (Å²) in [6.07, 6.45) is 0. The van der Waals surface area contributed by atoms with Crippen LogP contribution in [0.25, 0.3) is 22.2 Å². The number of fused-ring (bicyclic) bond motifs is 1. The van der Waals surface area contributed by atoms with Crippen LogP contribution in [0.5, 0.6) is 0 Å². The summed E-state index contributed by atoms with van der Waals surface area (Å²) >= 11 is 0. The number of nitrogens with zero attached hydrogens (tertiary/aromatic N) is 1. The van der Waals surface area contributed by atoms with Crippen LogP contribution in [0, 0.1) is 0 Å². The number of carbonyl (C=O) groups excluding carboxylic acids is 1. The minimum absolute atomic E-state index is 0.311. The maximum Gasteiger partial charge on any atom is 0.338 e. The van der Waals surface area contributed by atoms with Crippen LogP contribution in [0.2, 0.25) is 0 Å². The zero-order valence-corrected chi connectivity index (χ0v) is 11.1. The maximum atomic E-state index is 11.8. The summed E-state index contributed by atoms with van der Waals surface area (Å²) in [7, 11) is 0. The molecule has 0 aliphatic heterocycles. The highest BCUT2D eigenvalue weighted by molar-refractivity contribution is 5.95. The number of aromatic nitrogens is 2. The van der Waals surface area contributed by atoms with E-state index in [0.717, 1.165) is 22.2 Å². The molecule has 0 unspecified atom stereocenters. The van der Waals surface area contributed by atoms with Crippen molar-refractivity contribution >= 4 is 16.9 Å². The summed E-state index contributed by atoms with van der Waals surface area (Å²) < 4.78 is 5.02. The van der Waals surface area contributed by atoms with Gasteiger partial charge >= 0.3 is 5.97 Å². The fourth-order valence-corrected chi connectivity index (χ4v) is 2.19. The minimum Gasteiger partial charge on any atom is -0.462 e. The number of carbonyl (C=O) groups is 1. The first-order valence-corrected chi connectivity index (χ1v) is 6.50. The molecule has 2 aromatic carbocycles. The molecule has 1 aromatic heterocycles. The van der Waals surface area contributed by atoms with Gasteiger partial charge in [0, 0.05) is 10.9 Å². The Labute approximate surface area is 116 Å². The lowest BCUT2D eigenvalue weighted by molar-refractivity contribution is 0.0526. The number of benzene rings is 2. The summed E-state index contributed by atoms with van der Waals surface area (Å²) in [5, 5.41) is 8.36. The van der Waals surface area contributed by atoms with Crippen LogP contribution in [-0.2, 0) is 4.74 Å². The average molecular weight is 266 g/mol. The monoisotopic (exact) mass is 266 g/mol. The molecule has 0 aliphatic rings. The van der Waals surface area contributed by atoms with Gasteiger partial charge in [-0.1, -0.05) is 30.3 Å². The largest absolute Gasteiger partial charge is 0.462 e. The van der Waals surface area contributed by atoms with Crippen LogP contribution in [0.3, 0.4) is 0 Å². The van der Waals surface area contributed by atoms with Gasteiger partial charge in [-0.25, -0.2) is 4.79 Å². The van der Waals surface area contributed by atoms with Gasteiger partial charge in [-0.3, -0.25) is 5.10 Å². The second-order valence-corrected chi connectivity index (χ2v) is 4.42. The van der Waals surface area contributed by atoms with Crippen molar-refractivity contribution in [2.75, 3.05) is 6.61 Å². The van der Waals surface area contributed by atoms with Crippen molar-refractivity contribution < 1.29 is 9.53 Å². The summed E-state index contributed by atoms with van der Waals surface area (Å²) in [4.78, 5) is 11.8. The van der Waals surface area contributed by atoms with Crippen molar-refractivity contribution in [2.45, 2.75) is 6.92 Å². The smallest absolute Gasteiger partial charge is 0.338 e. The number of ether oxygens (including phenoxy) is 1. The molecular weight excluding hydrogens is 252 g/mol. The van der Waals surface area contributed by atoms with Gasteiger partial charge in [0.25, 0.3) is 0 Å². The molecular formula is C16H14N2O2. The van der Waals surface area contributed by atoms with E-state index < -0.39 is 0 Å². The van der Waals surface area contributed by atoms with Crippen molar-refractivity contribution in [1.82, 2.24) is 10.2 Å². The normalized spacial score (nSPS) is 10.7. The summed E-state index contributed by atoms with van der Waals surface area (Å²) in [5.74, 6) is -0.311. The molecule has 4 heteroatoms. The maximum absolute atomic E-state index is 11.8. The molecule has 1 N–H and O–H groups in total. The third-order valence-corrected chi connectivity index (χ3v) is 3.12. The number of nitrogens with one attached hydrogen (secondary N) is 1. The van der Waals surface area contributed by atoms with Crippen LogP contribution in [-0.4, -0.2) is 22.8 Å². The van der Waals surface area contributed by atoms with Crippen molar-refractivity contribution in [2.24, 2.45) is 0 Å². The summed E-state index contributed by atoms with van der Waals surface area (Å²) in [6.45, 7) is 2.16. The molecule has 0 saturated carbocycles. The molecule has 0 bridgehead atoms. The van der Waals surface area contributed by atoms with Gasteiger partial charge in [0.15, 0.2) is 0 Å². The Morgan fingerprint density at radius 1 is 1.20 bits per heavy atom. The first-order valence-electron chi connectivity index (χ1n) is 6.50. The first kappa shape index (κ1) is 12.4. The molecule has 3 rings (SSSR count). The fourth-order valence-electron chi connectivity index (χ4n) is 2.19. The lowest BCUT2D eigenvalue weighted by atomic mass is 10.1.